The lowest BCUT2D eigenvalue weighted by Gasteiger charge is -2.40. The molecule has 1 amide bonds. The second kappa shape index (κ2) is 6.41. The fourth-order valence-corrected chi connectivity index (χ4v) is 3.34. The molecular formula is C19H18ClN3O2. The summed E-state index contributed by atoms with van der Waals surface area (Å²) in [7, 11) is 0. The zero-order valence-electron chi connectivity index (χ0n) is 13.9. The van der Waals surface area contributed by atoms with Gasteiger partial charge < -0.3 is 14.2 Å². The number of fused-ring (bicyclic) bond motifs is 1. The molecular weight excluding hydrogens is 338 g/mol. The van der Waals surface area contributed by atoms with Gasteiger partial charge >= 0.3 is 0 Å². The molecule has 0 spiro atoms. The van der Waals surface area contributed by atoms with Crippen LogP contribution in [0.3, 0.4) is 0 Å². The summed E-state index contributed by atoms with van der Waals surface area (Å²) in [6, 6.07) is 15.4. The summed E-state index contributed by atoms with van der Waals surface area (Å²) in [5.74, 6) is 1.62. The van der Waals surface area contributed by atoms with Crippen molar-refractivity contribution in [2.24, 2.45) is 0 Å². The Labute approximate surface area is 150 Å². The Hall–Kier alpha value is -2.53. The van der Waals surface area contributed by atoms with Crippen LogP contribution in [0.2, 0.25) is 5.02 Å². The Kier molecular flexibility index (Phi) is 4.09. The second-order valence-electron chi connectivity index (χ2n) is 6.21. The van der Waals surface area contributed by atoms with Crippen molar-refractivity contribution in [2.45, 2.75) is 13.0 Å². The van der Waals surface area contributed by atoms with Crippen LogP contribution >= 0.6 is 11.6 Å². The number of aryl methyl sites for hydroxylation is 1. The maximum absolute atomic E-state index is 12.3. The third-order valence-corrected chi connectivity index (χ3v) is 4.78. The normalized spacial score (nSPS) is 14.6. The summed E-state index contributed by atoms with van der Waals surface area (Å²) < 4.78 is 7.75. The molecule has 1 fully saturated rings. The molecule has 5 nitrogen and oxygen atoms in total. The molecule has 0 radical (unpaired) electrons. The van der Waals surface area contributed by atoms with E-state index in [4.69, 9.17) is 16.3 Å². The van der Waals surface area contributed by atoms with E-state index in [0.717, 1.165) is 16.9 Å². The predicted octanol–water partition coefficient (Wildman–Crippen LogP) is 3.46. The van der Waals surface area contributed by atoms with E-state index in [2.05, 4.69) is 15.6 Å². The van der Waals surface area contributed by atoms with E-state index in [1.807, 2.05) is 30.0 Å². The summed E-state index contributed by atoms with van der Waals surface area (Å²) in [5.41, 5.74) is 2.12. The highest BCUT2D eigenvalue weighted by Gasteiger charge is 2.33. The molecule has 1 aromatic heterocycles. The van der Waals surface area contributed by atoms with Gasteiger partial charge in [-0.25, -0.2) is 4.98 Å². The number of ether oxygens (including phenoxy) is 1. The van der Waals surface area contributed by atoms with Gasteiger partial charge in [-0.2, -0.15) is 0 Å². The van der Waals surface area contributed by atoms with Crippen molar-refractivity contribution in [3.63, 3.8) is 0 Å². The number of hydrogen-bond acceptors (Lipinski definition) is 3. The Morgan fingerprint density at radius 1 is 1.20 bits per heavy atom. The SMILES string of the molecule is Cc1nc2ccccc2n1C1CN(C(=O)COc2ccc(Cl)cc2)C1. The molecule has 4 rings (SSSR count). The Morgan fingerprint density at radius 3 is 2.68 bits per heavy atom. The van der Waals surface area contributed by atoms with Gasteiger partial charge in [-0.15, -0.1) is 0 Å². The van der Waals surface area contributed by atoms with Gasteiger partial charge in [0, 0.05) is 18.1 Å². The fraction of sp³-hybridized carbons (Fsp3) is 0.263. The van der Waals surface area contributed by atoms with Gasteiger partial charge in [0.2, 0.25) is 0 Å². The zero-order chi connectivity index (χ0) is 17.4. The number of imidazole rings is 1. The lowest BCUT2D eigenvalue weighted by molar-refractivity contribution is -0.139. The first-order valence-corrected chi connectivity index (χ1v) is 8.59. The largest absolute Gasteiger partial charge is 0.484 e. The van der Waals surface area contributed by atoms with Crippen LogP contribution in [0, 0.1) is 6.92 Å². The molecule has 0 aliphatic carbocycles. The molecule has 0 bridgehead atoms. The molecule has 1 aliphatic rings. The number of likely N-dealkylation sites (tertiary alicyclic amines) is 1. The van der Waals surface area contributed by atoms with Crippen LogP contribution in [0.5, 0.6) is 5.75 Å². The molecule has 0 saturated carbocycles. The topological polar surface area (TPSA) is 47.4 Å². The molecule has 3 aromatic rings. The van der Waals surface area contributed by atoms with Crippen LogP contribution in [0.25, 0.3) is 11.0 Å². The van der Waals surface area contributed by atoms with E-state index in [0.29, 0.717) is 23.9 Å². The molecule has 0 unspecified atom stereocenters. The highest BCUT2D eigenvalue weighted by atomic mass is 35.5. The van der Waals surface area contributed by atoms with E-state index in [1.165, 1.54) is 0 Å². The van der Waals surface area contributed by atoms with Crippen molar-refractivity contribution in [3.05, 3.63) is 59.4 Å². The number of aromatic nitrogens is 2. The number of rotatable bonds is 4. The fourth-order valence-electron chi connectivity index (χ4n) is 3.22. The minimum absolute atomic E-state index is 0.00623. The summed E-state index contributed by atoms with van der Waals surface area (Å²) in [6.45, 7) is 3.42. The number of carbonyl (C=O) groups excluding carboxylic acids is 1. The van der Waals surface area contributed by atoms with Crippen molar-refractivity contribution < 1.29 is 9.53 Å². The quantitative estimate of drug-likeness (QED) is 0.720. The predicted molar refractivity (Wildman–Crippen MR) is 97.0 cm³/mol. The summed E-state index contributed by atoms with van der Waals surface area (Å²) in [6.07, 6.45) is 0. The van der Waals surface area contributed by atoms with Gasteiger partial charge in [-0.05, 0) is 43.3 Å². The van der Waals surface area contributed by atoms with Crippen molar-refractivity contribution in [3.8, 4) is 5.75 Å². The van der Waals surface area contributed by atoms with Crippen molar-refractivity contribution >= 4 is 28.5 Å². The highest BCUT2D eigenvalue weighted by Crippen LogP contribution is 2.28. The lowest BCUT2D eigenvalue weighted by Crippen LogP contribution is -2.52. The number of halogens is 1. The first kappa shape index (κ1) is 16.0. The zero-order valence-corrected chi connectivity index (χ0v) is 14.6. The van der Waals surface area contributed by atoms with Crippen molar-refractivity contribution in [2.75, 3.05) is 19.7 Å². The van der Waals surface area contributed by atoms with Crippen LogP contribution < -0.4 is 4.74 Å². The minimum Gasteiger partial charge on any atom is -0.484 e. The summed E-state index contributed by atoms with van der Waals surface area (Å²) in [4.78, 5) is 18.7. The van der Waals surface area contributed by atoms with Gasteiger partial charge in [0.15, 0.2) is 6.61 Å². The number of amides is 1. The molecule has 2 aromatic carbocycles. The van der Waals surface area contributed by atoms with Crippen LogP contribution in [0.4, 0.5) is 0 Å². The summed E-state index contributed by atoms with van der Waals surface area (Å²) in [5, 5.41) is 0.646. The third-order valence-electron chi connectivity index (χ3n) is 4.53. The van der Waals surface area contributed by atoms with Crippen molar-refractivity contribution in [1.82, 2.24) is 14.5 Å². The molecule has 0 N–H and O–H groups in total. The second-order valence-corrected chi connectivity index (χ2v) is 6.65. The Bertz CT molecular complexity index is 914. The van der Waals surface area contributed by atoms with Gasteiger partial charge in [-0.1, -0.05) is 23.7 Å². The first-order valence-electron chi connectivity index (χ1n) is 8.21. The number of hydrogen-bond donors (Lipinski definition) is 0. The third kappa shape index (κ3) is 3.07. The number of nitrogens with zero attached hydrogens (tertiary/aromatic N) is 3. The maximum Gasteiger partial charge on any atom is 0.260 e. The Morgan fingerprint density at radius 2 is 1.92 bits per heavy atom. The lowest BCUT2D eigenvalue weighted by atomic mass is 10.1. The van der Waals surface area contributed by atoms with E-state index in [9.17, 15) is 4.79 Å². The van der Waals surface area contributed by atoms with E-state index < -0.39 is 0 Å². The molecule has 0 atom stereocenters. The number of para-hydroxylation sites is 2. The van der Waals surface area contributed by atoms with Crippen LogP contribution in [-0.4, -0.2) is 40.1 Å². The van der Waals surface area contributed by atoms with Gasteiger partial charge in [-0.3, -0.25) is 4.79 Å². The van der Waals surface area contributed by atoms with Gasteiger partial charge in [0.05, 0.1) is 17.1 Å². The molecule has 1 saturated heterocycles. The van der Waals surface area contributed by atoms with Crippen LogP contribution in [-0.2, 0) is 4.79 Å². The van der Waals surface area contributed by atoms with E-state index in [-0.39, 0.29) is 18.6 Å². The Balaban J connectivity index is 1.37. The molecule has 128 valence electrons. The van der Waals surface area contributed by atoms with E-state index >= 15 is 0 Å². The standard InChI is InChI=1S/C19H18ClN3O2/c1-13-21-17-4-2-3-5-18(17)23(13)15-10-22(11-15)19(24)12-25-16-8-6-14(20)7-9-16/h2-9,15H,10-12H2,1H3. The summed E-state index contributed by atoms with van der Waals surface area (Å²) >= 11 is 5.84. The number of carbonyl (C=O) groups is 1. The minimum atomic E-state index is -0.00623. The number of benzene rings is 2. The average molecular weight is 356 g/mol. The van der Waals surface area contributed by atoms with Crippen LogP contribution in [0.15, 0.2) is 48.5 Å². The van der Waals surface area contributed by atoms with Gasteiger partial charge in [0.1, 0.15) is 11.6 Å². The van der Waals surface area contributed by atoms with Crippen molar-refractivity contribution in [1.29, 1.82) is 0 Å². The average Bonchev–Trinajstić information content (AvgIpc) is 2.89. The molecule has 6 heteroatoms. The molecule has 1 aliphatic heterocycles. The monoisotopic (exact) mass is 355 g/mol. The van der Waals surface area contributed by atoms with Gasteiger partial charge in [0.25, 0.3) is 5.91 Å². The van der Waals surface area contributed by atoms with Crippen LogP contribution in [0.1, 0.15) is 11.9 Å². The molecule has 25 heavy (non-hydrogen) atoms. The smallest absolute Gasteiger partial charge is 0.260 e. The van der Waals surface area contributed by atoms with E-state index in [1.54, 1.807) is 24.3 Å². The maximum atomic E-state index is 12.3. The highest BCUT2D eigenvalue weighted by molar-refractivity contribution is 6.30. The molecule has 2 heterocycles. The first-order chi connectivity index (χ1) is 12.1.